The van der Waals surface area contributed by atoms with E-state index in [0.29, 0.717) is 6.54 Å². The second-order valence-corrected chi connectivity index (χ2v) is 4.00. The number of aromatic nitrogens is 1. The van der Waals surface area contributed by atoms with Crippen molar-refractivity contribution in [1.82, 2.24) is 9.88 Å². The number of morpholine rings is 1. The highest BCUT2D eigenvalue weighted by Gasteiger charge is 2.17. The van der Waals surface area contributed by atoms with Gasteiger partial charge in [-0.15, -0.1) is 0 Å². The van der Waals surface area contributed by atoms with Gasteiger partial charge < -0.3 is 15.0 Å². The first-order valence-corrected chi connectivity index (χ1v) is 5.39. The maximum absolute atomic E-state index is 12.8. The van der Waals surface area contributed by atoms with Crippen molar-refractivity contribution in [2.75, 3.05) is 38.6 Å². The van der Waals surface area contributed by atoms with E-state index >= 15 is 0 Å². The molecule has 1 fully saturated rings. The number of halogens is 1. The van der Waals surface area contributed by atoms with E-state index in [0.717, 1.165) is 25.4 Å². The molecular weight excluding hydrogens is 209 g/mol. The van der Waals surface area contributed by atoms with E-state index < -0.39 is 5.95 Å². The summed E-state index contributed by atoms with van der Waals surface area (Å²) < 4.78 is 18.4. The molecule has 1 unspecified atom stereocenters. The second-order valence-electron chi connectivity index (χ2n) is 4.00. The van der Waals surface area contributed by atoms with E-state index in [1.807, 2.05) is 0 Å². The van der Waals surface area contributed by atoms with Crippen molar-refractivity contribution >= 4 is 5.69 Å². The Morgan fingerprint density at radius 1 is 1.69 bits per heavy atom. The molecule has 2 rings (SSSR count). The van der Waals surface area contributed by atoms with Crippen LogP contribution in [0.15, 0.2) is 18.3 Å². The van der Waals surface area contributed by atoms with Gasteiger partial charge in [0.25, 0.3) is 0 Å². The number of pyridine rings is 1. The van der Waals surface area contributed by atoms with Crippen molar-refractivity contribution in [3.05, 3.63) is 24.3 Å². The predicted molar refractivity (Wildman–Crippen MR) is 59.9 cm³/mol. The summed E-state index contributed by atoms with van der Waals surface area (Å²) in [6, 6.07) is 3.13. The number of hydrogen-bond donors (Lipinski definition) is 1. The van der Waals surface area contributed by atoms with Gasteiger partial charge in [-0.2, -0.15) is 4.39 Å². The van der Waals surface area contributed by atoms with Gasteiger partial charge in [0.2, 0.25) is 5.95 Å². The zero-order valence-electron chi connectivity index (χ0n) is 9.32. The molecule has 0 aromatic carbocycles. The van der Waals surface area contributed by atoms with Crippen LogP contribution in [0, 0.1) is 5.95 Å². The molecule has 1 aliphatic heterocycles. The summed E-state index contributed by atoms with van der Waals surface area (Å²) in [5, 5.41) is 3.14. The summed E-state index contributed by atoms with van der Waals surface area (Å²) in [4.78, 5) is 5.73. The number of likely N-dealkylation sites (N-methyl/N-ethyl adjacent to an activating group) is 1. The van der Waals surface area contributed by atoms with Crippen molar-refractivity contribution in [2.24, 2.45) is 0 Å². The Balaban J connectivity index is 1.82. The van der Waals surface area contributed by atoms with E-state index in [-0.39, 0.29) is 6.10 Å². The third kappa shape index (κ3) is 3.15. The lowest BCUT2D eigenvalue weighted by Crippen LogP contribution is -2.43. The fourth-order valence-corrected chi connectivity index (χ4v) is 1.73. The van der Waals surface area contributed by atoms with E-state index in [1.54, 1.807) is 6.07 Å². The molecule has 1 aliphatic rings. The molecule has 0 bridgehead atoms. The Morgan fingerprint density at radius 2 is 2.56 bits per heavy atom. The van der Waals surface area contributed by atoms with Gasteiger partial charge in [0.1, 0.15) is 0 Å². The fourth-order valence-electron chi connectivity index (χ4n) is 1.73. The Kier molecular flexibility index (Phi) is 3.69. The monoisotopic (exact) mass is 225 g/mol. The smallest absolute Gasteiger partial charge is 0.214 e. The molecule has 16 heavy (non-hydrogen) atoms. The van der Waals surface area contributed by atoms with Crippen LogP contribution in [0.25, 0.3) is 0 Å². The summed E-state index contributed by atoms with van der Waals surface area (Å²) in [7, 11) is 2.07. The van der Waals surface area contributed by atoms with Crippen LogP contribution in [0.5, 0.6) is 0 Å². The van der Waals surface area contributed by atoms with Crippen molar-refractivity contribution in [1.29, 1.82) is 0 Å². The maximum Gasteiger partial charge on any atom is 0.214 e. The minimum Gasteiger partial charge on any atom is -0.382 e. The Morgan fingerprint density at radius 3 is 3.31 bits per heavy atom. The number of rotatable bonds is 3. The van der Waals surface area contributed by atoms with Gasteiger partial charge in [-0.25, -0.2) is 4.98 Å². The van der Waals surface area contributed by atoms with Gasteiger partial charge in [-0.05, 0) is 13.1 Å². The van der Waals surface area contributed by atoms with Crippen LogP contribution in [-0.2, 0) is 4.74 Å². The predicted octanol–water partition coefficient (Wildman–Crippen LogP) is 0.963. The van der Waals surface area contributed by atoms with Gasteiger partial charge in [0, 0.05) is 37.6 Å². The highest BCUT2D eigenvalue weighted by molar-refractivity contribution is 5.41. The largest absolute Gasteiger partial charge is 0.382 e. The SMILES string of the molecule is CN1CCOC(CNc2ccnc(F)c2)C1. The molecule has 1 saturated heterocycles. The highest BCUT2D eigenvalue weighted by Crippen LogP contribution is 2.09. The third-order valence-electron chi connectivity index (χ3n) is 2.60. The fraction of sp³-hybridized carbons (Fsp3) is 0.545. The standard InChI is InChI=1S/C11H16FN3O/c1-15-4-5-16-10(8-15)7-14-9-2-3-13-11(12)6-9/h2-3,6,10H,4-5,7-8H2,1H3,(H,13,14). The maximum atomic E-state index is 12.8. The van der Waals surface area contributed by atoms with Crippen molar-refractivity contribution in [2.45, 2.75) is 6.10 Å². The average molecular weight is 225 g/mol. The van der Waals surface area contributed by atoms with Gasteiger partial charge in [-0.1, -0.05) is 0 Å². The van der Waals surface area contributed by atoms with Gasteiger partial charge >= 0.3 is 0 Å². The number of anilines is 1. The van der Waals surface area contributed by atoms with Crippen LogP contribution >= 0.6 is 0 Å². The molecule has 0 amide bonds. The second kappa shape index (κ2) is 5.23. The normalized spacial score (nSPS) is 22.0. The van der Waals surface area contributed by atoms with Crippen LogP contribution in [0.1, 0.15) is 0 Å². The molecule has 4 nitrogen and oxygen atoms in total. The molecule has 1 aromatic rings. The highest BCUT2D eigenvalue weighted by atomic mass is 19.1. The summed E-state index contributed by atoms with van der Waals surface area (Å²) in [5.41, 5.74) is 0.740. The molecule has 88 valence electrons. The molecule has 0 radical (unpaired) electrons. The zero-order valence-corrected chi connectivity index (χ0v) is 9.32. The number of nitrogens with one attached hydrogen (secondary N) is 1. The lowest BCUT2D eigenvalue weighted by molar-refractivity contribution is -0.0117. The van der Waals surface area contributed by atoms with Crippen molar-refractivity contribution in [3.8, 4) is 0 Å². The first-order valence-electron chi connectivity index (χ1n) is 5.39. The van der Waals surface area contributed by atoms with Crippen LogP contribution in [-0.4, -0.2) is 49.3 Å². The summed E-state index contributed by atoms with van der Waals surface area (Å²) in [6.07, 6.45) is 1.61. The van der Waals surface area contributed by atoms with Gasteiger partial charge in [0.05, 0.1) is 12.7 Å². The van der Waals surface area contributed by atoms with Gasteiger partial charge in [0.15, 0.2) is 0 Å². The number of ether oxygens (including phenoxy) is 1. The van der Waals surface area contributed by atoms with Crippen LogP contribution in [0.3, 0.4) is 0 Å². The lowest BCUT2D eigenvalue weighted by Gasteiger charge is -2.30. The molecule has 0 aliphatic carbocycles. The van der Waals surface area contributed by atoms with Crippen LogP contribution in [0.4, 0.5) is 10.1 Å². The molecule has 1 aromatic heterocycles. The first-order chi connectivity index (χ1) is 7.74. The average Bonchev–Trinajstić information content (AvgIpc) is 2.27. The summed E-state index contributed by atoms with van der Waals surface area (Å²) in [5.74, 6) is -0.466. The lowest BCUT2D eigenvalue weighted by atomic mass is 10.2. The summed E-state index contributed by atoms with van der Waals surface area (Å²) >= 11 is 0. The zero-order chi connectivity index (χ0) is 11.4. The summed E-state index contributed by atoms with van der Waals surface area (Å²) in [6.45, 7) is 3.32. The minimum atomic E-state index is -0.466. The quantitative estimate of drug-likeness (QED) is 0.778. The molecule has 0 saturated carbocycles. The van der Waals surface area contributed by atoms with Crippen molar-refractivity contribution < 1.29 is 9.13 Å². The molecule has 2 heterocycles. The topological polar surface area (TPSA) is 37.4 Å². The number of nitrogens with zero attached hydrogens (tertiary/aromatic N) is 2. The van der Waals surface area contributed by atoms with Crippen molar-refractivity contribution in [3.63, 3.8) is 0 Å². The molecular formula is C11H16FN3O. The molecule has 1 atom stereocenters. The molecule has 0 spiro atoms. The van der Waals surface area contributed by atoms with E-state index in [1.165, 1.54) is 12.3 Å². The van der Waals surface area contributed by atoms with E-state index in [4.69, 9.17) is 4.74 Å². The van der Waals surface area contributed by atoms with Crippen LogP contribution in [0.2, 0.25) is 0 Å². The van der Waals surface area contributed by atoms with Crippen LogP contribution < -0.4 is 5.32 Å². The number of hydrogen-bond acceptors (Lipinski definition) is 4. The first kappa shape index (κ1) is 11.3. The van der Waals surface area contributed by atoms with E-state index in [9.17, 15) is 4.39 Å². The molecule has 5 heteroatoms. The Hall–Kier alpha value is -1.20. The van der Waals surface area contributed by atoms with Gasteiger partial charge in [-0.3, -0.25) is 0 Å². The molecule has 1 N–H and O–H groups in total. The Bertz CT molecular complexity index is 348. The third-order valence-corrected chi connectivity index (χ3v) is 2.60. The van der Waals surface area contributed by atoms with E-state index in [2.05, 4.69) is 22.2 Å². The minimum absolute atomic E-state index is 0.162. The Labute approximate surface area is 94.4 Å².